The van der Waals surface area contributed by atoms with E-state index in [4.69, 9.17) is 0 Å². The number of ether oxygens (including phenoxy) is 1. The van der Waals surface area contributed by atoms with E-state index in [0.717, 1.165) is 0 Å². The van der Waals surface area contributed by atoms with Gasteiger partial charge in [-0.1, -0.05) is 24.3 Å². The second kappa shape index (κ2) is 5.13. The lowest BCUT2D eigenvalue weighted by Gasteiger charge is -2.02. The summed E-state index contributed by atoms with van der Waals surface area (Å²) in [5.74, 6) is 0.361. The zero-order chi connectivity index (χ0) is 12.3. The minimum atomic E-state index is -0.340. The average Bonchev–Trinajstić information content (AvgIpc) is 3.20. The Bertz CT molecular complexity index is 416. The van der Waals surface area contributed by atoms with E-state index >= 15 is 0 Å². The fourth-order valence-electron chi connectivity index (χ4n) is 1.82. The van der Waals surface area contributed by atoms with Crippen LogP contribution < -0.4 is 0 Å². The first-order valence-corrected chi connectivity index (χ1v) is 5.90. The van der Waals surface area contributed by atoms with Gasteiger partial charge >= 0.3 is 5.97 Å². The lowest BCUT2D eigenvalue weighted by Crippen LogP contribution is -2.06. The van der Waals surface area contributed by atoms with Gasteiger partial charge in [0.15, 0.2) is 5.78 Å². The van der Waals surface area contributed by atoms with Gasteiger partial charge in [-0.25, -0.2) is 0 Å². The molecule has 17 heavy (non-hydrogen) atoms. The summed E-state index contributed by atoms with van der Waals surface area (Å²) in [6.45, 7) is 0. The molecule has 1 aliphatic carbocycles. The Kier molecular flexibility index (Phi) is 3.57. The number of benzene rings is 1. The van der Waals surface area contributed by atoms with Gasteiger partial charge in [-0.15, -0.1) is 0 Å². The molecule has 0 amide bonds. The summed E-state index contributed by atoms with van der Waals surface area (Å²) in [6, 6.07) is 7.74. The van der Waals surface area contributed by atoms with Crippen LogP contribution >= 0.6 is 0 Å². The molecule has 90 valence electrons. The van der Waals surface area contributed by atoms with Crippen molar-refractivity contribution >= 4 is 11.8 Å². The van der Waals surface area contributed by atoms with Crippen LogP contribution in [-0.4, -0.2) is 18.9 Å². The van der Waals surface area contributed by atoms with Gasteiger partial charge in [-0.2, -0.15) is 0 Å². The predicted octanol–water partition coefficient (Wildman–Crippen LogP) is 2.70. The summed E-state index contributed by atoms with van der Waals surface area (Å²) < 4.78 is 4.50. The SMILES string of the molecule is COC(=O)CCC(=O)c1ccc(C2CC2)cc1. The summed E-state index contributed by atoms with van der Waals surface area (Å²) in [7, 11) is 1.33. The van der Waals surface area contributed by atoms with Gasteiger partial charge in [0.1, 0.15) is 0 Å². The van der Waals surface area contributed by atoms with Gasteiger partial charge in [-0.3, -0.25) is 9.59 Å². The highest BCUT2D eigenvalue weighted by Crippen LogP contribution is 2.39. The molecule has 0 radical (unpaired) electrons. The van der Waals surface area contributed by atoms with Crippen molar-refractivity contribution in [1.29, 1.82) is 0 Å². The third-order valence-corrected chi connectivity index (χ3v) is 3.07. The summed E-state index contributed by atoms with van der Waals surface area (Å²) >= 11 is 0. The van der Waals surface area contributed by atoms with Gasteiger partial charge in [0.2, 0.25) is 0 Å². The maximum Gasteiger partial charge on any atom is 0.305 e. The maximum absolute atomic E-state index is 11.8. The topological polar surface area (TPSA) is 43.4 Å². The Morgan fingerprint density at radius 1 is 1.18 bits per heavy atom. The van der Waals surface area contributed by atoms with E-state index in [1.807, 2.05) is 24.3 Å². The molecule has 3 heteroatoms. The molecule has 1 aromatic carbocycles. The molecule has 1 aromatic rings. The molecule has 0 unspecified atom stereocenters. The molecule has 2 rings (SSSR count). The molecule has 0 N–H and O–H groups in total. The molecule has 0 heterocycles. The van der Waals surface area contributed by atoms with Crippen molar-refractivity contribution in [3.05, 3.63) is 35.4 Å². The largest absolute Gasteiger partial charge is 0.469 e. The summed E-state index contributed by atoms with van der Waals surface area (Å²) in [5.41, 5.74) is 1.99. The molecule has 1 fully saturated rings. The Labute approximate surface area is 101 Å². The number of rotatable bonds is 5. The fourth-order valence-corrected chi connectivity index (χ4v) is 1.82. The first-order valence-electron chi connectivity index (χ1n) is 5.90. The minimum absolute atomic E-state index is 0.00209. The molecule has 0 bridgehead atoms. The monoisotopic (exact) mass is 232 g/mol. The van der Waals surface area contributed by atoms with Gasteiger partial charge < -0.3 is 4.74 Å². The van der Waals surface area contributed by atoms with E-state index < -0.39 is 0 Å². The van der Waals surface area contributed by atoms with Crippen LogP contribution in [0.25, 0.3) is 0 Å². The molecule has 0 saturated heterocycles. The van der Waals surface area contributed by atoms with E-state index in [0.29, 0.717) is 11.5 Å². The minimum Gasteiger partial charge on any atom is -0.469 e. The first-order chi connectivity index (χ1) is 8.20. The van der Waals surface area contributed by atoms with Crippen LogP contribution in [-0.2, 0) is 9.53 Å². The van der Waals surface area contributed by atoms with E-state index in [2.05, 4.69) is 4.74 Å². The smallest absolute Gasteiger partial charge is 0.305 e. The zero-order valence-electron chi connectivity index (χ0n) is 9.94. The van der Waals surface area contributed by atoms with Crippen molar-refractivity contribution < 1.29 is 14.3 Å². The summed E-state index contributed by atoms with van der Waals surface area (Å²) in [4.78, 5) is 22.7. The normalized spacial score (nSPS) is 14.4. The highest BCUT2D eigenvalue weighted by molar-refractivity contribution is 5.97. The molecular formula is C14H16O3. The van der Waals surface area contributed by atoms with Gasteiger partial charge in [-0.05, 0) is 24.3 Å². The second-order valence-electron chi connectivity index (χ2n) is 4.40. The molecule has 1 aliphatic rings. The lowest BCUT2D eigenvalue weighted by atomic mass is 10.0. The van der Waals surface area contributed by atoms with Crippen LogP contribution in [0.15, 0.2) is 24.3 Å². The number of esters is 1. The van der Waals surface area contributed by atoms with Crippen molar-refractivity contribution in [1.82, 2.24) is 0 Å². The highest BCUT2D eigenvalue weighted by Gasteiger charge is 2.23. The molecule has 0 spiro atoms. The first kappa shape index (κ1) is 11.8. The van der Waals surface area contributed by atoms with Crippen molar-refractivity contribution in [3.63, 3.8) is 0 Å². The van der Waals surface area contributed by atoms with E-state index in [1.54, 1.807) is 0 Å². The van der Waals surface area contributed by atoms with Crippen molar-refractivity contribution in [2.45, 2.75) is 31.6 Å². The number of carbonyl (C=O) groups excluding carboxylic acids is 2. The average molecular weight is 232 g/mol. The van der Waals surface area contributed by atoms with Crippen LogP contribution in [0.4, 0.5) is 0 Å². The van der Waals surface area contributed by atoms with Crippen LogP contribution in [0.2, 0.25) is 0 Å². The standard InChI is InChI=1S/C14H16O3/c1-17-14(16)9-8-13(15)12-6-4-11(5-7-12)10-2-3-10/h4-7,10H,2-3,8-9H2,1H3. The summed E-state index contributed by atoms with van der Waals surface area (Å²) in [5, 5.41) is 0. The fraction of sp³-hybridized carbons (Fsp3) is 0.429. The van der Waals surface area contributed by atoms with Crippen LogP contribution in [0.5, 0.6) is 0 Å². The predicted molar refractivity (Wildman–Crippen MR) is 64.0 cm³/mol. The van der Waals surface area contributed by atoms with Crippen LogP contribution in [0.3, 0.4) is 0 Å². The van der Waals surface area contributed by atoms with Crippen molar-refractivity contribution in [2.75, 3.05) is 7.11 Å². The number of hydrogen-bond donors (Lipinski definition) is 0. The zero-order valence-corrected chi connectivity index (χ0v) is 9.94. The number of methoxy groups -OCH3 is 1. The third kappa shape index (κ3) is 3.16. The van der Waals surface area contributed by atoms with Crippen LogP contribution in [0.1, 0.15) is 47.5 Å². The Morgan fingerprint density at radius 2 is 1.82 bits per heavy atom. The number of ketones is 1. The number of hydrogen-bond acceptors (Lipinski definition) is 3. The highest BCUT2D eigenvalue weighted by atomic mass is 16.5. The Hall–Kier alpha value is -1.64. The van der Waals surface area contributed by atoms with Crippen LogP contribution in [0, 0.1) is 0 Å². The Morgan fingerprint density at radius 3 is 2.35 bits per heavy atom. The van der Waals surface area contributed by atoms with Gasteiger partial charge in [0.25, 0.3) is 0 Å². The van der Waals surface area contributed by atoms with Crippen molar-refractivity contribution in [2.24, 2.45) is 0 Å². The molecular weight excluding hydrogens is 216 g/mol. The van der Waals surface area contributed by atoms with E-state index in [-0.39, 0.29) is 24.6 Å². The molecule has 3 nitrogen and oxygen atoms in total. The maximum atomic E-state index is 11.8. The van der Waals surface area contributed by atoms with E-state index in [9.17, 15) is 9.59 Å². The molecule has 0 aromatic heterocycles. The van der Waals surface area contributed by atoms with Gasteiger partial charge in [0.05, 0.1) is 13.5 Å². The van der Waals surface area contributed by atoms with Gasteiger partial charge in [0, 0.05) is 12.0 Å². The number of Topliss-reactive ketones (excluding diaryl/α,β-unsaturated/α-hetero) is 1. The number of carbonyl (C=O) groups is 2. The molecule has 0 aliphatic heterocycles. The molecule has 0 atom stereocenters. The lowest BCUT2D eigenvalue weighted by molar-refractivity contribution is -0.140. The van der Waals surface area contributed by atoms with E-state index in [1.165, 1.54) is 25.5 Å². The Balaban J connectivity index is 1.92. The summed E-state index contributed by atoms with van der Waals surface area (Å²) in [6.07, 6.45) is 2.89. The third-order valence-electron chi connectivity index (χ3n) is 3.07. The quantitative estimate of drug-likeness (QED) is 0.579. The molecule has 1 saturated carbocycles. The second-order valence-corrected chi connectivity index (χ2v) is 4.40. The van der Waals surface area contributed by atoms with Crippen molar-refractivity contribution in [3.8, 4) is 0 Å².